The van der Waals surface area contributed by atoms with Crippen molar-refractivity contribution in [2.45, 2.75) is 13.0 Å². The second-order valence-electron chi connectivity index (χ2n) is 7.45. The third-order valence-corrected chi connectivity index (χ3v) is 5.23. The van der Waals surface area contributed by atoms with Crippen molar-refractivity contribution < 1.29 is 4.79 Å². The van der Waals surface area contributed by atoms with Crippen molar-refractivity contribution in [3.8, 4) is 0 Å². The molecule has 0 saturated heterocycles. The van der Waals surface area contributed by atoms with Crippen molar-refractivity contribution in [3.63, 3.8) is 0 Å². The Kier molecular flexibility index (Phi) is 6.05. The number of benzene rings is 3. The third kappa shape index (κ3) is 4.26. The van der Waals surface area contributed by atoms with Crippen molar-refractivity contribution in [2.24, 2.45) is 0 Å². The lowest BCUT2D eigenvalue weighted by Gasteiger charge is -2.24. The Morgan fingerprint density at radius 3 is 2.28 bits per heavy atom. The summed E-state index contributed by atoms with van der Waals surface area (Å²) in [7, 11) is 0. The summed E-state index contributed by atoms with van der Waals surface area (Å²) in [6.45, 7) is 2.07. The predicted molar refractivity (Wildman–Crippen MR) is 129 cm³/mol. The minimum Gasteiger partial charge on any atom is -0.324 e. The van der Waals surface area contributed by atoms with Crippen molar-refractivity contribution in [3.05, 3.63) is 113 Å². The predicted octanol–water partition coefficient (Wildman–Crippen LogP) is 5.32. The molecule has 2 N–H and O–H groups in total. The molecule has 0 bridgehead atoms. The van der Waals surface area contributed by atoms with Gasteiger partial charge in [-0.15, -0.1) is 17.5 Å². The first-order chi connectivity index (χ1) is 15.2. The number of nitrogens with one attached hydrogen (secondary N) is 2. The third-order valence-electron chi connectivity index (χ3n) is 5.23. The fraction of sp³-hybridized carbons (Fsp3) is 0.0800. The number of amides is 1. The van der Waals surface area contributed by atoms with E-state index < -0.39 is 0 Å². The van der Waals surface area contributed by atoms with Crippen molar-refractivity contribution in [1.29, 1.82) is 0 Å². The van der Waals surface area contributed by atoms with Crippen molar-refractivity contribution in [2.75, 3.05) is 10.6 Å². The molecule has 0 aliphatic carbocycles. The largest absolute Gasteiger partial charge is 0.324 e. The average Bonchev–Trinajstić information content (AvgIpc) is 3.22. The molecular formula is C25H22ClN5O. The maximum Gasteiger partial charge on any atom is 0.258 e. The van der Waals surface area contributed by atoms with Crippen molar-refractivity contribution in [1.82, 2.24) is 14.8 Å². The number of aromatic nitrogens is 3. The maximum absolute atomic E-state index is 12.6. The zero-order valence-corrected chi connectivity index (χ0v) is 18.2. The summed E-state index contributed by atoms with van der Waals surface area (Å²) < 4.78 is 1.80. The van der Waals surface area contributed by atoms with Gasteiger partial charge in [0.05, 0.1) is 0 Å². The molecule has 0 fully saturated rings. The summed E-state index contributed by atoms with van der Waals surface area (Å²) in [5.74, 6) is 0.596. The van der Waals surface area contributed by atoms with E-state index >= 15 is 0 Å². The number of rotatable bonds is 4. The van der Waals surface area contributed by atoms with Gasteiger partial charge in [-0.2, -0.15) is 4.98 Å². The minimum absolute atomic E-state index is 0. The first-order valence-electron chi connectivity index (χ1n) is 10.1. The van der Waals surface area contributed by atoms with E-state index in [2.05, 4.69) is 70.1 Å². The monoisotopic (exact) mass is 443 g/mol. The Hall–Kier alpha value is -3.90. The van der Waals surface area contributed by atoms with Crippen LogP contribution in [0.15, 0.2) is 91.0 Å². The van der Waals surface area contributed by atoms with Crippen molar-refractivity contribution >= 4 is 35.9 Å². The number of carbonyl (C=O) groups is 1. The van der Waals surface area contributed by atoms with Crippen LogP contribution in [0.25, 0.3) is 5.70 Å². The minimum atomic E-state index is -0.244. The highest BCUT2D eigenvalue weighted by Gasteiger charge is 2.25. The zero-order chi connectivity index (χ0) is 21.2. The number of nitrogens with zero attached hydrogens (tertiary/aromatic N) is 3. The summed E-state index contributed by atoms with van der Waals surface area (Å²) in [5.41, 5.74) is 4.85. The zero-order valence-electron chi connectivity index (χ0n) is 17.4. The van der Waals surface area contributed by atoms with Gasteiger partial charge in [-0.1, -0.05) is 78.4 Å². The van der Waals surface area contributed by atoms with E-state index in [1.165, 1.54) is 5.56 Å². The molecule has 1 amide bonds. The van der Waals surface area contributed by atoms with Gasteiger partial charge in [-0.3, -0.25) is 10.1 Å². The van der Waals surface area contributed by atoms with Gasteiger partial charge in [0.25, 0.3) is 11.9 Å². The Morgan fingerprint density at radius 1 is 0.938 bits per heavy atom. The van der Waals surface area contributed by atoms with Gasteiger partial charge in [0.1, 0.15) is 6.04 Å². The molecule has 3 aromatic carbocycles. The topological polar surface area (TPSA) is 71.8 Å². The first-order valence-corrected chi connectivity index (χ1v) is 10.1. The molecule has 32 heavy (non-hydrogen) atoms. The van der Waals surface area contributed by atoms with Gasteiger partial charge in [0.2, 0.25) is 5.95 Å². The van der Waals surface area contributed by atoms with Gasteiger partial charge < -0.3 is 5.32 Å². The highest BCUT2D eigenvalue weighted by atomic mass is 35.5. The quantitative estimate of drug-likeness (QED) is 0.448. The number of halogens is 1. The van der Waals surface area contributed by atoms with E-state index in [0.29, 0.717) is 11.5 Å². The molecule has 7 heteroatoms. The lowest BCUT2D eigenvalue weighted by Crippen LogP contribution is -2.20. The van der Waals surface area contributed by atoms with Crippen LogP contribution in [-0.4, -0.2) is 20.7 Å². The smallest absolute Gasteiger partial charge is 0.258 e. The lowest BCUT2D eigenvalue weighted by atomic mass is 10.0. The van der Waals surface area contributed by atoms with Crippen LogP contribution in [0.2, 0.25) is 0 Å². The second kappa shape index (κ2) is 9.08. The number of anilines is 2. The van der Waals surface area contributed by atoms with E-state index in [9.17, 15) is 4.79 Å². The standard InChI is InChI=1S/C25H21N5O.ClH/c1-17-12-14-19(15-13-17)22-16-21(18-8-4-2-5-9-18)26-25-28-24(29-30(22)25)27-23(31)20-10-6-3-7-11-20;/h2-16,22H,1H3,(H2,26,27,28,29,31);1H. The fourth-order valence-electron chi connectivity index (χ4n) is 3.60. The summed E-state index contributed by atoms with van der Waals surface area (Å²) in [5, 5.41) is 10.8. The number of allylic oxidation sites excluding steroid dienone is 1. The van der Waals surface area contributed by atoms with E-state index in [1.807, 2.05) is 36.4 Å². The number of fused-ring (bicyclic) bond motifs is 1. The summed E-state index contributed by atoms with van der Waals surface area (Å²) in [4.78, 5) is 17.1. The molecule has 0 spiro atoms. The number of hydrogen-bond donors (Lipinski definition) is 2. The molecule has 6 nitrogen and oxygen atoms in total. The summed E-state index contributed by atoms with van der Waals surface area (Å²) >= 11 is 0. The number of aryl methyl sites for hydroxylation is 1. The SMILES string of the molecule is Cc1ccc(C2C=C(c3ccccc3)Nc3nc(NC(=O)c4ccccc4)nn32)cc1.Cl. The van der Waals surface area contributed by atoms with Crippen LogP contribution in [0, 0.1) is 6.92 Å². The normalized spacial score (nSPS) is 14.4. The fourth-order valence-corrected chi connectivity index (χ4v) is 3.60. The highest BCUT2D eigenvalue weighted by Crippen LogP contribution is 2.33. The van der Waals surface area contributed by atoms with E-state index in [-0.39, 0.29) is 30.3 Å². The van der Waals surface area contributed by atoms with E-state index in [4.69, 9.17) is 0 Å². The van der Waals surface area contributed by atoms with Gasteiger partial charge in [-0.05, 0) is 36.3 Å². The molecule has 1 aliphatic rings. The highest BCUT2D eigenvalue weighted by molar-refractivity contribution is 6.03. The average molecular weight is 444 g/mol. The van der Waals surface area contributed by atoms with Crippen LogP contribution in [0.5, 0.6) is 0 Å². The molecule has 1 aliphatic heterocycles. The first kappa shape index (κ1) is 21.3. The lowest BCUT2D eigenvalue weighted by molar-refractivity contribution is 0.102. The number of hydrogen-bond acceptors (Lipinski definition) is 4. The Balaban J connectivity index is 0.00000245. The number of carbonyl (C=O) groups excluding carboxylic acids is 1. The summed E-state index contributed by atoms with van der Waals surface area (Å²) in [6, 6.07) is 27.3. The van der Waals surface area contributed by atoms with Gasteiger partial charge in [0.15, 0.2) is 0 Å². The molecule has 1 atom stereocenters. The molecular weight excluding hydrogens is 422 g/mol. The summed E-state index contributed by atoms with van der Waals surface area (Å²) in [6.07, 6.45) is 2.13. The van der Waals surface area contributed by atoms with Crippen LogP contribution >= 0.6 is 12.4 Å². The van der Waals surface area contributed by atoms with Gasteiger partial charge in [0, 0.05) is 11.3 Å². The molecule has 2 heterocycles. The molecule has 1 unspecified atom stereocenters. The van der Waals surface area contributed by atoms with Crippen LogP contribution < -0.4 is 10.6 Å². The van der Waals surface area contributed by atoms with Gasteiger partial charge >= 0.3 is 0 Å². The molecule has 0 saturated carbocycles. The molecule has 160 valence electrons. The van der Waals surface area contributed by atoms with Crippen LogP contribution in [0.1, 0.15) is 33.1 Å². The Labute approximate surface area is 192 Å². The molecule has 5 rings (SSSR count). The Bertz CT molecular complexity index is 1250. The van der Waals surface area contributed by atoms with E-state index in [0.717, 1.165) is 16.8 Å². The Morgan fingerprint density at radius 2 is 1.59 bits per heavy atom. The molecule has 4 aromatic rings. The van der Waals surface area contributed by atoms with Crippen LogP contribution in [0.4, 0.5) is 11.9 Å². The van der Waals surface area contributed by atoms with E-state index in [1.54, 1.807) is 16.8 Å². The van der Waals surface area contributed by atoms with Gasteiger partial charge in [-0.25, -0.2) is 4.68 Å². The second-order valence-corrected chi connectivity index (χ2v) is 7.45. The maximum atomic E-state index is 12.6. The van der Waals surface area contributed by atoms with Crippen LogP contribution in [-0.2, 0) is 0 Å². The molecule has 1 aromatic heterocycles. The van der Waals surface area contributed by atoms with Crippen LogP contribution in [0.3, 0.4) is 0 Å². The molecule has 0 radical (unpaired) electrons.